The minimum atomic E-state index is 0.385. The van der Waals surface area contributed by atoms with Gasteiger partial charge in [-0.1, -0.05) is 36.0 Å². The van der Waals surface area contributed by atoms with Gasteiger partial charge in [0.05, 0.1) is 0 Å². The van der Waals surface area contributed by atoms with Crippen molar-refractivity contribution in [1.82, 2.24) is 0 Å². The normalized spacial score (nSPS) is 10.2. The van der Waals surface area contributed by atoms with Gasteiger partial charge < -0.3 is 11.1 Å². The Balaban J connectivity index is 2.06. The predicted molar refractivity (Wildman–Crippen MR) is 88.8 cm³/mol. The van der Waals surface area contributed by atoms with Gasteiger partial charge in [0.25, 0.3) is 0 Å². The zero-order valence-electron chi connectivity index (χ0n) is 9.99. The molecule has 0 aliphatic heterocycles. The molecule has 0 amide bonds. The van der Waals surface area contributed by atoms with Gasteiger partial charge in [0, 0.05) is 27.3 Å². The van der Waals surface area contributed by atoms with Crippen molar-refractivity contribution in [2.75, 3.05) is 5.32 Å². The summed E-state index contributed by atoms with van der Waals surface area (Å²) in [6.07, 6.45) is 0. The van der Waals surface area contributed by atoms with Crippen LogP contribution >= 0.6 is 39.7 Å². The molecule has 0 saturated heterocycles. The summed E-state index contributed by atoms with van der Waals surface area (Å²) in [5, 5.41) is 4.07. The molecule has 98 valence electrons. The van der Waals surface area contributed by atoms with Crippen LogP contribution in [-0.2, 0) is 6.54 Å². The lowest BCUT2D eigenvalue weighted by molar-refractivity contribution is 1.15. The lowest BCUT2D eigenvalue weighted by Crippen LogP contribution is -2.10. The molecule has 19 heavy (non-hydrogen) atoms. The molecule has 0 aliphatic carbocycles. The summed E-state index contributed by atoms with van der Waals surface area (Å²) in [6.45, 7) is 0.732. The van der Waals surface area contributed by atoms with Crippen LogP contribution in [0.25, 0.3) is 0 Å². The minimum Gasteiger partial charge on any atom is -0.389 e. The zero-order chi connectivity index (χ0) is 13.8. The van der Waals surface area contributed by atoms with E-state index in [1.54, 1.807) is 0 Å². The average Bonchev–Trinajstić information content (AvgIpc) is 2.37. The van der Waals surface area contributed by atoms with Crippen LogP contribution < -0.4 is 11.1 Å². The molecule has 2 rings (SSSR count). The number of anilines is 1. The maximum absolute atomic E-state index is 5.85. The molecule has 0 saturated carbocycles. The first kappa shape index (κ1) is 14.3. The van der Waals surface area contributed by atoms with Crippen molar-refractivity contribution in [3.8, 4) is 0 Å². The van der Waals surface area contributed by atoms with Gasteiger partial charge >= 0.3 is 0 Å². The van der Waals surface area contributed by atoms with E-state index in [9.17, 15) is 0 Å². The van der Waals surface area contributed by atoms with E-state index in [-0.39, 0.29) is 0 Å². The molecule has 2 aromatic rings. The first-order valence-electron chi connectivity index (χ1n) is 5.64. The molecular formula is C14H12BrClN2S. The van der Waals surface area contributed by atoms with Gasteiger partial charge in [-0.15, -0.1) is 0 Å². The van der Waals surface area contributed by atoms with E-state index < -0.39 is 0 Å². The second kappa shape index (κ2) is 6.37. The Bertz CT molecular complexity index is 599. The summed E-state index contributed by atoms with van der Waals surface area (Å²) in [5.74, 6) is 0. The van der Waals surface area contributed by atoms with Crippen molar-refractivity contribution < 1.29 is 0 Å². The number of halogens is 2. The van der Waals surface area contributed by atoms with Crippen molar-refractivity contribution in [3.05, 3.63) is 63.1 Å². The number of nitrogens with two attached hydrogens (primary N) is 1. The fourth-order valence-corrected chi connectivity index (χ4v) is 2.66. The lowest BCUT2D eigenvalue weighted by atomic mass is 10.2. The number of rotatable bonds is 4. The third-order valence-electron chi connectivity index (χ3n) is 2.64. The molecular weight excluding hydrogens is 344 g/mol. The molecule has 0 fully saturated rings. The van der Waals surface area contributed by atoms with Crippen molar-refractivity contribution in [3.63, 3.8) is 0 Å². The van der Waals surface area contributed by atoms with E-state index in [0.29, 0.717) is 4.99 Å². The third kappa shape index (κ3) is 3.93. The molecule has 5 heteroatoms. The van der Waals surface area contributed by atoms with Crippen molar-refractivity contribution in [2.45, 2.75) is 6.54 Å². The predicted octanol–water partition coefficient (Wildman–Crippen LogP) is 4.35. The van der Waals surface area contributed by atoms with Gasteiger partial charge in [-0.3, -0.25) is 0 Å². The van der Waals surface area contributed by atoms with Crippen LogP contribution in [0.4, 0.5) is 5.69 Å². The van der Waals surface area contributed by atoms with E-state index in [2.05, 4.69) is 21.2 Å². The largest absolute Gasteiger partial charge is 0.389 e. The van der Waals surface area contributed by atoms with Crippen LogP contribution in [0.15, 0.2) is 46.9 Å². The van der Waals surface area contributed by atoms with Gasteiger partial charge in [0.2, 0.25) is 0 Å². The van der Waals surface area contributed by atoms with E-state index in [1.165, 1.54) is 5.56 Å². The quantitative estimate of drug-likeness (QED) is 0.801. The molecule has 0 radical (unpaired) electrons. The van der Waals surface area contributed by atoms with Crippen LogP contribution in [-0.4, -0.2) is 4.99 Å². The lowest BCUT2D eigenvalue weighted by Gasteiger charge is -2.09. The molecule has 0 spiro atoms. The SMILES string of the molecule is NC(=S)c1ccc(NCc2ccc(Cl)cc2)cc1Br. The number of benzene rings is 2. The van der Waals surface area contributed by atoms with Gasteiger partial charge in [-0.05, 0) is 51.8 Å². The standard InChI is InChI=1S/C14H12BrClN2S/c15-13-7-11(5-6-12(13)14(17)19)18-8-9-1-3-10(16)4-2-9/h1-7,18H,8H2,(H2,17,19). The minimum absolute atomic E-state index is 0.385. The number of hydrogen-bond donors (Lipinski definition) is 2. The Morgan fingerprint density at radius 3 is 2.47 bits per heavy atom. The van der Waals surface area contributed by atoms with Gasteiger partial charge in [-0.25, -0.2) is 0 Å². The fourth-order valence-electron chi connectivity index (χ4n) is 1.63. The summed E-state index contributed by atoms with van der Waals surface area (Å²) >= 11 is 14.3. The van der Waals surface area contributed by atoms with E-state index in [4.69, 9.17) is 29.6 Å². The Hall–Kier alpha value is -1.10. The van der Waals surface area contributed by atoms with Crippen LogP contribution in [0.3, 0.4) is 0 Å². The summed E-state index contributed by atoms with van der Waals surface area (Å²) < 4.78 is 0.890. The Morgan fingerprint density at radius 1 is 1.21 bits per heavy atom. The fraction of sp³-hybridized carbons (Fsp3) is 0.0714. The topological polar surface area (TPSA) is 38.0 Å². The van der Waals surface area contributed by atoms with Crippen molar-refractivity contribution in [2.24, 2.45) is 5.73 Å². The molecule has 0 aromatic heterocycles. The third-order valence-corrected chi connectivity index (χ3v) is 3.77. The molecule has 2 aromatic carbocycles. The van der Waals surface area contributed by atoms with E-state index in [0.717, 1.165) is 27.3 Å². The second-order valence-electron chi connectivity index (χ2n) is 4.04. The Kier molecular flexibility index (Phi) is 4.80. The van der Waals surface area contributed by atoms with Crippen LogP contribution in [0.5, 0.6) is 0 Å². The molecule has 0 aliphatic rings. The summed E-state index contributed by atoms with van der Waals surface area (Å²) in [7, 11) is 0. The molecule has 3 N–H and O–H groups in total. The summed E-state index contributed by atoms with van der Waals surface area (Å²) in [5.41, 5.74) is 8.62. The Labute approximate surface area is 131 Å². The molecule has 0 unspecified atom stereocenters. The maximum Gasteiger partial charge on any atom is 0.105 e. The maximum atomic E-state index is 5.85. The summed E-state index contributed by atoms with van der Waals surface area (Å²) in [4.78, 5) is 0.385. The number of thiocarbonyl (C=S) groups is 1. The number of nitrogens with one attached hydrogen (secondary N) is 1. The molecule has 2 nitrogen and oxygen atoms in total. The highest BCUT2D eigenvalue weighted by atomic mass is 79.9. The van der Waals surface area contributed by atoms with Crippen LogP contribution in [0.2, 0.25) is 5.02 Å². The highest BCUT2D eigenvalue weighted by molar-refractivity contribution is 9.10. The molecule has 0 heterocycles. The van der Waals surface area contributed by atoms with E-state index >= 15 is 0 Å². The van der Waals surface area contributed by atoms with Gasteiger partial charge in [0.15, 0.2) is 0 Å². The zero-order valence-corrected chi connectivity index (χ0v) is 13.1. The van der Waals surface area contributed by atoms with Crippen LogP contribution in [0, 0.1) is 0 Å². The van der Waals surface area contributed by atoms with Crippen molar-refractivity contribution in [1.29, 1.82) is 0 Å². The van der Waals surface area contributed by atoms with Gasteiger partial charge in [-0.2, -0.15) is 0 Å². The monoisotopic (exact) mass is 354 g/mol. The first-order valence-corrected chi connectivity index (χ1v) is 7.22. The second-order valence-corrected chi connectivity index (χ2v) is 5.77. The number of hydrogen-bond acceptors (Lipinski definition) is 2. The molecule has 0 bridgehead atoms. The smallest absolute Gasteiger partial charge is 0.105 e. The highest BCUT2D eigenvalue weighted by Gasteiger charge is 2.03. The molecule has 0 atom stereocenters. The van der Waals surface area contributed by atoms with Gasteiger partial charge in [0.1, 0.15) is 4.99 Å². The first-order chi connectivity index (χ1) is 9.06. The average molecular weight is 356 g/mol. The van der Waals surface area contributed by atoms with E-state index in [1.807, 2.05) is 42.5 Å². The van der Waals surface area contributed by atoms with Crippen molar-refractivity contribution >= 4 is 50.4 Å². The van der Waals surface area contributed by atoms with Crippen LogP contribution in [0.1, 0.15) is 11.1 Å². The summed E-state index contributed by atoms with van der Waals surface area (Å²) in [6, 6.07) is 13.6. The Morgan fingerprint density at radius 2 is 1.89 bits per heavy atom. The highest BCUT2D eigenvalue weighted by Crippen LogP contribution is 2.22.